The fourth-order valence-corrected chi connectivity index (χ4v) is 3.13. The van der Waals surface area contributed by atoms with Crippen molar-refractivity contribution in [3.63, 3.8) is 0 Å². The molecule has 0 aliphatic heterocycles. The van der Waals surface area contributed by atoms with Crippen molar-refractivity contribution < 1.29 is 0 Å². The van der Waals surface area contributed by atoms with E-state index in [-0.39, 0.29) is 0 Å². The summed E-state index contributed by atoms with van der Waals surface area (Å²) in [7, 11) is 0. The zero-order valence-electron chi connectivity index (χ0n) is 8.88. The van der Waals surface area contributed by atoms with Gasteiger partial charge in [-0.25, -0.2) is 0 Å². The molecule has 0 heterocycles. The van der Waals surface area contributed by atoms with Crippen LogP contribution in [0.1, 0.15) is 0 Å². The summed E-state index contributed by atoms with van der Waals surface area (Å²) < 4.78 is 0. The van der Waals surface area contributed by atoms with Gasteiger partial charge >= 0.3 is 0 Å². The number of thioether (sulfide) groups is 1. The third-order valence-corrected chi connectivity index (χ3v) is 4.08. The minimum absolute atomic E-state index is 1.01. The maximum absolute atomic E-state index is 4.34. The Kier molecular flexibility index (Phi) is 4.27. The molecule has 0 amide bonds. The minimum Gasteiger partial charge on any atom is -0.143 e. The zero-order valence-corrected chi connectivity index (χ0v) is 11.4. The fraction of sp³-hybridized carbons (Fsp3) is 0.0769. The van der Waals surface area contributed by atoms with E-state index in [2.05, 4.69) is 55.3 Å². The highest BCUT2D eigenvalue weighted by Gasteiger charge is 1.98. The van der Waals surface area contributed by atoms with Gasteiger partial charge in [0, 0.05) is 19.6 Å². The van der Waals surface area contributed by atoms with E-state index >= 15 is 0 Å². The lowest BCUT2D eigenvalue weighted by Gasteiger charge is -2.04. The predicted molar refractivity (Wildman–Crippen MR) is 76.0 cm³/mol. The third-order valence-electron chi connectivity index (χ3n) is 2.09. The smallest absolute Gasteiger partial charge is 0.0133 e. The second-order valence-corrected chi connectivity index (χ2v) is 5.82. The van der Waals surface area contributed by atoms with Gasteiger partial charge in [0.25, 0.3) is 0 Å². The van der Waals surface area contributed by atoms with Crippen molar-refractivity contribution in [2.45, 2.75) is 19.6 Å². The van der Waals surface area contributed by atoms with Crippen LogP contribution in [0.2, 0.25) is 0 Å². The zero-order chi connectivity index (χ0) is 11.4. The first-order chi connectivity index (χ1) is 7.78. The van der Waals surface area contributed by atoms with Crippen molar-refractivity contribution in [1.82, 2.24) is 0 Å². The highest BCUT2D eigenvalue weighted by Crippen LogP contribution is 2.30. The van der Waals surface area contributed by atoms with Crippen LogP contribution in [0, 0.1) is 0 Å². The van der Waals surface area contributed by atoms with Gasteiger partial charge < -0.3 is 0 Å². The molecule has 0 aliphatic rings. The van der Waals surface area contributed by atoms with Gasteiger partial charge in [-0.05, 0) is 42.7 Å². The van der Waals surface area contributed by atoms with E-state index < -0.39 is 0 Å². The molecule has 2 aromatic rings. The first kappa shape index (κ1) is 12.0. The maximum Gasteiger partial charge on any atom is 0.0133 e. The molecule has 0 N–H and O–H groups in total. The van der Waals surface area contributed by atoms with Crippen molar-refractivity contribution in [2.24, 2.45) is 0 Å². The number of hydrogen-bond donors (Lipinski definition) is 1. The number of benzene rings is 2. The lowest BCUT2D eigenvalue weighted by molar-refractivity contribution is 1.30. The summed E-state index contributed by atoms with van der Waals surface area (Å²) in [4.78, 5) is 4.80. The standard InChI is InChI=1S/C13H12S3/c1-15-11-5-3-7-13(9-11)16-12-6-2-4-10(14)8-12/h2-9,14H,1H3. The second-order valence-electron chi connectivity index (χ2n) is 3.28. The summed E-state index contributed by atoms with van der Waals surface area (Å²) in [5, 5.41) is 0. The van der Waals surface area contributed by atoms with Crippen LogP contribution < -0.4 is 0 Å². The molecule has 0 saturated carbocycles. The predicted octanol–water partition coefficient (Wildman–Crippen LogP) is 4.85. The molecule has 3 heteroatoms. The summed E-state index contributed by atoms with van der Waals surface area (Å²) in [6.45, 7) is 0. The molecule has 0 spiro atoms. The Bertz CT molecular complexity index is 480. The van der Waals surface area contributed by atoms with E-state index in [4.69, 9.17) is 0 Å². The van der Waals surface area contributed by atoms with Gasteiger partial charge in [-0.3, -0.25) is 0 Å². The van der Waals surface area contributed by atoms with E-state index in [1.165, 1.54) is 14.7 Å². The van der Waals surface area contributed by atoms with Crippen LogP contribution in [0.25, 0.3) is 0 Å². The van der Waals surface area contributed by atoms with Crippen LogP contribution in [0.15, 0.2) is 68.1 Å². The molecule has 82 valence electrons. The normalized spacial score (nSPS) is 10.4. The first-order valence-corrected chi connectivity index (χ1v) is 7.38. The van der Waals surface area contributed by atoms with Gasteiger partial charge in [-0.1, -0.05) is 23.9 Å². The Morgan fingerprint density at radius 2 is 1.50 bits per heavy atom. The van der Waals surface area contributed by atoms with E-state index in [9.17, 15) is 0 Å². The fourth-order valence-electron chi connectivity index (χ4n) is 1.35. The first-order valence-electron chi connectivity index (χ1n) is 4.89. The Morgan fingerprint density at radius 3 is 2.19 bits per heavy atom. The van der Waals surface area contributed by atoms with Gasteiger partial charge in [0.2, 0.25) is 0 Å². The molecule has 0 nitrogen and oxygen atoms in total. The highest BCUT2D eigenvalue weighted by molar-refractivity contribution is 7.99. The van der Waals surface area contributed by atoms with Gasteiger partial charge in [-0.15, -0.1) is 24.4 Å². The summed E-state index contributed by atoms with van der Waals surface area (Å²) >= 11 is 7.88. The summed E-state index contributed by atoms with van der Waals surface area (Å²) in [5.74, 6) is 0. The molecular formula is C13H12S3. The number of rotatable bonds is 3. The molecule has 0 bridgehead atoms. The molecule has 0 aliphatic carbocycles. The molecule has 2 rings (SSSR count). The Labute approximate surface area is 110 Å². The SMILES string of the molecule is CSc1cccc(Sc2cccc(S)c2)c1. The second kappa shape index (κ2) is 5.71. The summed E-state index contributed by atoms with van der Waals surface area (Å²) in [5.41, 5.74) is 0. The Balaban J connectivity index is 2.20. The van der Waals surface area contributed by atoms with E-state index in [0.717, 1.165) is 4.90 Å². The Hall–Kier alpha value is -0.510. The lowest BCUT2D eigenvalue weighted by atomic mass is 10.4. The average molecular weight is 264 g/mol. The van der Waals surface area contributed by atoms with E-state index in [1.807, 2.05) is 12.1 Å². The molecule has 2 aromatic carbocycles. The largest absolute Gasteiger partial charge is 0.143 e. The van der Waals surface area contributed by atoms with Crippen molar-refractivity contribution in [3.05, 3.63) is 48.5 Å². The molecule has 16 heavy (non-hydrogen) atoms. The molecule has 0 radical (unpaired) electrons. The van der Waals surface area contributed by atoms with E-state index in [1.54, 1.807) is 23.5 Å². The Morgan fingerprint density at radius 1 is 0.875 bits per heavy atom. The van der Waals surface area contributed by atoms with Crippen LogP contribution in [0.3, 0.4) is 0 Å². The quantitative estimate of drug-likeness (QED) is 0.622. The van der Waals surface area contributed by atoms with Crippen LogP contribution >= 0.6 is 36.2 Å². The molecule has 0 fully saturated rings. The lowest BCUT2D eigenvalue weighted by Crippen LogP contribution is -1.75. The van der Waals surface area contributed by atoms with Crippen molar-refractivity contribution in [3.8, 4) is 0 Å². The molecule has 0 unspecified atom stereocenters. The van der Waals surface area contributed by atoms with Gasteiger partial charge in [-0.2, -0.15) is 0 Å². The van der Waals surface area contributed by atoms with Crippen molar-refractivity contribution in [2.75, 3.05) is 6.26 Å². The monoisotopic (exact) mass is 264 g/mol. The third kappa shape index (κ3) is 3.24. The van der Waals surface area contributed by atoms with Gasteiger partial charge in [0.05, 0.1) is 0 Å². The number of thiol groups is 1. The molecule has 0 atom stereocenters. The minimum atomic E-state index is 1.01. The van der Waals surface area contributed by atoms with Crippen LogP contribution in [0.5, 0.6) is 0 Å². The van der Waals surface area contributed by atoms with Crippen LogP contribution in [0.4, 0.5) is 0 Å². The van der Waals surface area contributed by atoms with Crippen molar-refractivity contribution in [1.29, 1.82) is 0 Å². The highest BCUT2D eigenvalue weighted by atomic mass is 32.2. The molecular weight excluding hydrogens is 252 g/mol. The van der Waals surface area contributed by atoms with E-state index in [0.29, 0.717) is 0 Å². The summed E-state index contributed by atoms with van der Waals surface area (Å²) in [6.07, 6.45) is 2.10. The topological polar surface area (TPSA) is 0 Å². The maximum atomic E-state index is 4.34. The number of hydrogen-bond acceptors (Lipinski definition) is 3. The molecule has 0 aromatic heterocycles. The van der Waals surface area contributed by atoms with Gasteiger partial charge in [0.15, 0.2) is 0 Å². The van der Waals surface area contributed by atoms with Crippen molar-refractivity contribution >= 4 is 36.2 Å². The van der Waals surface area contributed by atoms with Gasteiger partial charge in [0.1, 0.15) is 0 Å². The van der Waals surface area contributed by atoms with Crippen LogP contribution in [-0.4, -0.2) is 6.26 Å². The molecule has 0 saturated heterocycles. The average Bonchev–Trinajstić information content (AvgIpc) is 2.29. The summed E-state index contributed by atoms with van der Waals surface area (Å²) in [6, 6.07) is 16.8. The van der Waals surface area contributed by atoms with Crippen LogP contribution in [-0.2, 0) is 0 Å².